The minimum atomic E-state index is -0.655. The highest BCUT2D eigenvalue weighted by molar-refractivity contribution is 5.76. The van der Waals surface area contributed by atoms with Gasteiger partial charge in [0.15, 0.2) is 0 Å². The fourth-order valence-electron chi connectivity index (χ4n) is 11.1. The van der Waals surface area contributed by atoms with Crippen molar-refractivity contribution in [1.82, 2.24) is 0 Å². The number of aliphatic hydroxyl groups is 1. The summed E-state index contributed by atoms with van der Waals surface area (Å²) in [6.07, 6.45) is 9.47. The third-order valence-electron chi connectivity index (χ3n) is 13.2. The summed E-state index contributed by atoms with van der Waals surface area (Å²) < 4.78 is 6.18. The van der Waals surface area contributed by atoms with E-state index in [2.05, 4.69) is 54.5 Å². The van der Waals surface area contributed by atoms with E-state index in [1.54, 1.807) is 0 Å². The molecule has 4 saturated carbocycles. The molecule has 5 heteroatoms. The number of carboxylic acid groups (broad SMARTS) is 1. The summed E-state index contributed by atoms with van der Waals surface area (Å²) in [5.74, 6) is -0.317. The molecule has 208 valence electrons. The summed E-state index contributed by atoms with van der Waals surface area (Å²) in [6.45, 7) is 17.7. The summed E-state index contributed by atoms with van der Waals surface area (Å²) in [7, 11) is 0. The fourth-order valence-corrected chi connectivity index (χ4v) is 11.1. The van der Waals surface area contributed by atoms with Gasteiger partial charge in [0.05, 0.1) is 11.5 Å². The number of carbonyl (C=O) groups is 2. The molecular formula is C32H50O5. The monoisotopic (exact) mass is 514 g/mol. The van der Waals surface area contributed by atoms with E-state index in [1.165, 1.54) is 12.5 Å². The maximum absolute atomic E-state index is 12.9. The molecule has 5 nitrogen and oxygen atoms in total. The first-order chi connectivity index (χ1) is 16.9. The molecule has 0 heterocycles. The topological polar surface area (TPSA) is 83.8 Å². The average molecular weight is 515 g/mol. The van der Waals surface area contributed by atoms with Gasteiger partial charge < -0.3 is 14.9 Å². The zero-order valence-electron chi connectivity index (χ0n) is 24.4. The molecule has 4 fully saturated rings. The molecule has 9 atom stereocenters. The summed E-state index contributed by atoms with van der Waals surface area (Å²) in [5, 5.41) is 21.7. The molecule has 0 aromatic heterocycles. The Labute approximate surface area is 223 Å². The molecule has 0 aromatic rings. The lowest BCUT2D eigenvalue weighted by Gasteiger charge is -2.72. The number of ether oxygens (including phenoxy) is 1. The van der Waals surface area contributed by atoms with Crippen molar-refractivity contribution in [3.05, 3.63) is 11.6 Å². The van der Waals surface area contributed by atoms with Gasteiger partial charge in [-0.1, -0.05) is 60.1 Å². The Morgan fingerprint density at radius 1 is 0.946 bits per heavy atom. The third-order valence-corrected chi connectivity index (χ3v) is 13.2. The first-order valence-corrected chi connectivity index (χ1v) is 14.7. The van der Waals surface area contributed by atoms with E-state index in [0.717, 1.165) is 57.8 Å². The fraction of sp³-hybridized carbons (Fsp3) is 0.875. The molecule has 0 saturated heterocycles. The van der Waals surface area contributed by atoms with Crippen LogP contribution >= 0.6 is 0 Å². The molecule has 0 unspecified atom stereocenters. The molecule has 0 amide bonds. The maximum Gasteiger partial charge on any atom is 0.310 e. The van der Waals surface area contributed by atoms with Crippen LogP contribution in [0.2, 0.25) is 0 Å². The quantitative estimate of drug-likeness (QED) is 0.314. The van der Waals surface area contributed by atoms with Crippen molar-refractivity contribution < 1.29 is 24.5 Å². The standard InChI is InChI=1S/C32H50O5/c1-19(33)37-22-18-31(8)23(29(6)12-11-24(34)28(4,5)25(22)29)10-9-20-21-17-27(2,3)13-15-32(21,26(35)36)16-14-30(20,31)7/h9,21-25,34H,10-18H2,1-8H3,(H,35,36)/t21-,22+,23-,24+,25+,29-,30-,31-,32+/m1/s1. The molecule has 5 rings (SSSR count). The Hall–Kier alpha value is -1.36. The molecule has 2 N–H and O–H groups in total. The van der Waals surface area contributed by atoms with Gasteiger partial charge in [-0.25, -0.2) is 0 Å². The summed E-state index contributed by atoms with van der Waals surface area (Å²) in [6, 6.07) is 0. The van der Waals surface area contributed by atoms with Crippen molar-refractivity contribution in [2.24, 2.45) is 50.2 Å². The summed E-state index contributed by atoms with van der Waals surface area (Å²) in [4.78, 5) is 25.3. The Morgan fingerprint density at radius 2 is 1.59 bits per heavy atom. The van der Waals surface area contributed by atoms with Crippen LogP contribution in [-0.2, 0) is 14.3 Å². The van der Waals surface area contributed by atoms with E-state index in [9.17, 15) is 19.8 Å². The molecule has 37 heavy (non-hydrogen) atoms. The number of rotatable bonds is 2. The van der Waals surface area contributed by atoms with E-state index >= 15 is 0 Å². The zero-order chi connectivity index (χ0) is 27.4. The normalized spacial score (nSPS) is 49.9. The van der Waals surface area contributed by atoms with Crippen molar-refractivity contribution in [3.8, 4) is 0 Å². The van der Waals surface area contributed by atoms with Crippen LogP contribution in [0.3, 0.4) is 0 Å². The molecular weight excluding hydrogens is 464 g/mol. The number of hydrogen-bond donors (Lipinski definition) is 2. The number of aliphatic hydroxyl groups excluding tert-OH is 1. The van der Waals surface area contributed by atoms with Crippen molar-refractivity contribution in [1.29, 1.82) is 0 Å². The van der Waals surface area contributed by atoms with Crippen LogP contribution in [0.4, 0.5) is 0 Å². The Kier molecular flexibility index (Phi) is 5.95. The summed E-state index contributed by atoms with van der Waals surface area (Å²) >= 11 is 0. The van der Waals surface area contributed by atoms with Crippen LogP contribution in [0.15, 0.2) is 11.6 Å². The first kappa shape index (κ1) is 27.2. The van der Waals surface area contributed by atoms with Crippen LogP contribution < -0.4 is 0 Å². The third kappa shape index (κ3) is 3.50. The number of carbonyl (C=O) groups excluding carboxylic acids is 1. The second-order valence-electron chi connectivity index (χ2n) is 15.8. The molecule has 0 aromatic carbocycles. The number of esters is 1. The van der Waals surface area contributed by atoms with E-state index in [-0.39, 0.29) is 51.0 Å². The lowest BCUT2D eigenvalue weighted by molar-refractivity contribution is -0.248. The molecule has 0 bridgehead atoms. The Bertz CT molecular complexity index is 1030. The van der Waals surface area contributed by atoms with Gasteiger partial charge in [-0.3, -0.25) is 9.59 Å². The number of aliphatic carboxylic acids is 1. The lowest BCUT2D eigenvalue weighted by atomic mass is 9.33. The minimum absolute atomic E-state index is 0.0626. The van der Waals surface area contributed by atoms with E-state index in [0.29, 0.717) is 5.92 Å². The van der Waals surface area contributed by atoms with Gasteiger partial charge in [-0.2, -0.15) is 0 Å². The molecule has 5 aliphatic carbocycles. The number of hydrogen-bond acceptors (Lipinski definition) is 4. The van der Waals surface area contributed by atoms with Gasteiger partial charge in [0.1, 0.15) is 6.10 Å². The predicted molar refractivity (Wildman–Crippen MR) is 144 cm³/mol. The first-order valence-electron chi connectivity index (χ1n) is 14.7. The van der Waals surface area contributed by atoms with Crippen molar-refractivity contribution in [2.75, 3.05) is 0 Å². The number of fused-ring (bicyclic) bond motifs is 7. The van der Waals surface area contributed by atoms with Crippen LogP contribution in [0.1, 0.15) is 113 Å². The van der Waals surface area contributed by atoms with Crippen molar-refractivity contribution >= 4 is 11.9 Å². The Morgan fingerprint density at radius 3 is 2.22 bits per heavy atom. The minimum Gasteiger partial charge on any atom is -0.481 e. The molecule has 0 spiro atoms. The lowest BCUT2D eigenvalue weighted by Crippen LogP contribution is -2.68. The van der Waals surface area contributed by atoms with E-state index < -0.39 is 17.5 Å². The smallest absolute Gasteiger partial charge is 0.310 e. The van der Waals surface area contributed by atoms with Crippen LogP contribution in [0.25, 0.3) is 0 Å². The second kappa shape index (κ2) is 8.08. The maximum atomic E-state index is 12.9. The highest BCUT2D eigenvalue weighted by Gasteiger charge is 2.71. The predicted octanol–water partition coefficient (Wildman–Crippen LogP) is 6.78. The highest BCUT2D eigenvalue weighted by Crippen LogP contribution is 2.76. The van der Waals surface area contributed by atoms with Gasteiger partial charge in [0, 0.05) is 12.8 Å². The number of carboxylic acids is 1. The largest absolute Gasteiger partial charge is 0.481 e. The van der Waals surface area contributed by atoms with Gasteiger partial charge in [0.2, 0.25) is 0 Å². The van der Waals surface area contributed by atoms with Gasteiger partial charge in [0.25, 0.3) is 0 Å². The average Bonchev–Trinajstić information content (AvgIpc) is 2.76. The van der Waals surface area contributed by atoms with Gasteiger partial charge in [-0.05, 0) is 96.7 Å². The SMILES string of the molecule is CC(=O)O[C@H]1C[C@]2(C)[C@H](CC=C3[C@H]4CC(C)(C)CC[C@]4(C(=O)O)CC[C@]32C)[C@@]2(C)CC[C@H](O)C(C)(C)[C@H]12. The van der Waals surface area contributed by atoms with Gasteiger partial charge in [-0.15, -0.1) is 0 Å². The molecule has 5 aliphatic rings. The second-order valence-corrected chi connectivity index (χ2v) is 15.8. The van der Waals surface area contributed by atoms with E-state index in [1.807, 2.05) is 0 Å². The molecule has 0 radical (unpaired) electrons. The van der Waals surface area contributed by atoms with Crippen molar-refractivity contribution in [2.45, 2.75) is 125 Å². The van der Waals surface area contributed by atoms with Crippen molar-refractivity contribution in [3.63, 3.8) is 0 Å². The zero-order valence-corrected chi connectivity index (χ0v) is 24.4. The highest BCUT2D eigenvalue weighted by atomic mass is 16.5. The van der Waals surface area contributed by atoms with Crippen LogP contribution in [-0.4, -0.2) is 34.4 Å². The van der Waals surface area contributed by atoms with Crippen LogP contribution in [0.5, 0.6) is 0 Å². The summed E-state index contributed by atoms with van der Waals surface area (Å²) in [5.41, 5.74) is 0.176. The molecule has 0 aliphatic heterocycles. The van der Waals surface area contributed by atoms with Crippen LogP contribution in [0, 0.1) is 50.2 Å². The Balaban J connectivity index is 1.65. The number of allylic oxidation sites excluding steroid dienone is 2. The van der Waals surface area contributed by atoms with E-state index in [4.69, 9.17) is 4.74 Å². The van der Waals surface area contributed by atoms with Gasteiger partial charge >= 0.3 is 11.9 Å².